The van der Waals surface area contributed by atoms with E-state index in [2.05, 4.69) is 5.32 Å². The van der Waals surface area contributed by atoms with Crippen LogP contribution in [0.4, 0.5) is 9.18 Å². The summed E-state index contributed by atoms with van der Waals surface area (Å²) in [5.74, 6) is 0.139. The molecule has 1 amide bonds. The topological polar surface area (TPSA) is 50.8 Å². The number of piperazine rings is 1. The summed E-state index contributed by atoms with van der Waals surface area (Å²) < 4.78 is 25.6. The molecule has 150 valence electrons. The van der Waals surface area contributed by atoms with Crippen LogP contribution in [0.2, 0.25) is 0 Å². The molecule has 0 saturated carbocycles. The molecule has 1 aliphatic rings. The number of halogens is 1. The summed E-state index contributed by atoms with van der Waals surface area (Å²) in [4.78, 5) is 14.0. The minimum Gasteiger partial charge on any atom is -0.486 e. The van der Waals surface area contributed by atoms with Crippen LogP contribution < -0.4 is 10.1 Å². The van der Waals surface area contributed by atoms with Crippen molar-refractivity contribution in [1.82, 2.24) is 10.2 Å². The van der Waals surface area contributed by atoms with E-state index in [-0.39, 0.29) is 18.8 Å². The fourth-order valence-corrected chi connectivity index (χ4v) is 3.29. The first-order chi connectivity index (χ1) is 13.6. The first kappa shape index (κ1) is 20.1. The molecule has 0 spiro atoms. The summed E-state index contributed by atoms with van der Waals surface area (Å²) >= 11 is 0. The fraction of sp³-hybridized carbons (Fsp3) is 0.409. The lowest BCUT2D eigenvalue weighted by molar-refractivity contribution is 0.0751. The van der Waals surface area contributed by atoms with Gasteiger partial charge >= 0.3 is 6.09 Å². The highest BCUT2D eigenvalue weighted by atomic mass is 19.1. The van der Waals surface area contributed by atoms with Gasteiger partial charge in [-0.2, -0.15) is 0 Å². The van der Waals surface area contributed by atoms with Crippen molar-refractivity contribution in [2.24, 2.45) is 0 Å². The van der Waals surface area contributed by atoms with Gasteiger partial charge < -0.3 is 19.7 Å². The molecule has 0 aliphatic carbocycles. The smallest absolute Gasteiger partial charge is 0.410 e. The number of nitrogens with zero attached hydrogens (tertiary/aromatic N) is 1. The lowest BCUT2D eigenvalue weighted by atomic mass is 10.1. The van der Waals surface area contributed by atoms with Gasteiger partial charge in [0.25, 0.3) is 0 Å². The third-order valence-corrected chi connectivity index (χ3v) is 4.92. The summed E-state index contributed by atoms with van der Waals surface area (Å²) in [6, 6.07) is 14.5. The molecule has 2 atom stereocenters. The fourth-order valence-electron chi connectivity index (χ4n) is 3.29. The number of rotatable bonds is 6. The SMILES string of the molecule is CC[C@@H](Oc1ccc(F)c(COC(=O)N2CCNC[C@H]2C)c1)c1ccccc1. The quantitative estimate of drug-likeness (QED) is 0.805. The lowest BCUT2D eigenvalue weighted by Crippen LogP contribution is -2.52. The molecular weight excluding hydrogens is 359 g/mol. The van der Waals surface area contributed by atoms with Gasteiger partial charge in [-0.3, -0.25) is 0 Å². The molecule has 6 heteroatoms. The number of nitrogens with one attached hydrogen (secondary N) is 1. The molecule has 0 aromatic heterocycles. The van der Waals surface area contributed by atoms with Crippen LogP contribution in [0.1, 0.15) is 37.5 Å². The second-order valence-corrected chi connectivity index (χ2v) is 6.98. The van der Waals surface area contributed by atoms with Gasteiger partial charge in [0.1, 0.15) is 24.3 Å². The van der Waals surface area contributed by atoms with E-state index in [4.69, 9.17) is 9.47 Å². The van der Waals surface area contributed by atoms with Crippen molar-refractivity contribution in [3.05, 3.63) is 65.5 Å². The van der Waals surface area contributed by atoms with Crippen LogP contribution in [0.25, 0.3) is 0 Å². The first-order valence-corrected chi connectivity index (χ1v) is 9.72. The molecule has 0 radical (unpaired) electrons. The maximum Gasteiger partial charge on any atom is 0.410 e. The molecule has 1 saturated heterocycles. The Morgan fingerprint density at radius 2 is 2.07 bits per heavy atom. The maximum atomic E-state index is 14.2. The van der Waals surface area contributed by atoms with E-state index in [0.717, 1.165) is 25.1 Å². The van der Waals surface area contributed by atoms with Gasteiger partial charge in [0.05, 0.1) is 0 Å². The van der Waals surface area contributed by atoms with Crippen molar-refractivity contribution >= 4 is 6.09 Å². The summed E-state index contributed by atoms with van der Waals surface area (Å²) in [6.07, 6.45) is 0.242. The monoisotopic (exact) mass is 386 g/mol. The number of amides is 1. The number of hydrogen-bond donors (Lipinski definition) is 1. The summed E-state index contributed by atoms with van der Waals surface area (Å²) in [5.41, 5.74) is 1.37. The van der Waals surface area contributed by atoms with Crippen molar-refractivity contribution in [3.8, 4) is 5.75 Å². The van der Waals surface area contributed by atoms with Gasteiger partial charge in [0.2, 0.25) is 0 Å². The lowest BCUT2D eigenvalue weighted by Gasteiger charge is -2.33. The third kappa shape index (κ3) is 5.01. The highest BCUT2D eigenvalue weighted by Crippen LogP contribution is 2.26. The van der Waals surface area contributed by atoms with Crippen LogP contribution in [0.3, 0.4) is 0 Å². The standard InChI is InChI=1S/C22H27FN2O3/c1-3-21(17-7-5-4-6-8-17)28-19-9-10-20(23)18(13-19)15-27-22(26)25-12-11-24-14-16(25)2/h4-10,13,16,21,24H,3,11-12,14-15H2,1-2H3/t16-,21-/m1/s1. The zero-order valence-electron chi connectivity index (χ0n) is 16.4. The van der Waals surface area contributed by atoms with E-state index in [1.165, 1.54) is 6.07 Å². The molecular formula is C22H27FN2O3. The Morgan fingerprint density at radius 1 is 1.29 bits per heavy atom. The Hall–Kier alpha value is -2.60. The van der Waals surface area contributed by atoms with E-state index in [1.807, 2.05) is 44.2 Å². The third-order valence-electron chi connectivity index (χ3n) is 4.92. The Morgan fingerprint density at radius 3 is 2.79 bits per heavy atom. The molecule has 2 aromatic carbocycles. The average Bonchev–Trinajstić information content (AvgIpc) is 2.73. The van der Waals surface area contributed by atoms with Crippen molar-refractivity contribution < 1.29 is 18.7 Å². The predicted octanol–water partition coefficient (Wildman–Crippen LogP) is 4.29. The van der Waals surface area contributed by atoms with Crippen LogP contribution in [-0.4, -0.2) is 36.7 Å². The molecule has 0 unspecified atom stereocenters. The summed E-state index contributed by atoms with van der Waals surface area (Å²) in [6.45, 7) is 5.91. The summed E-state index contributed by atoms with van der Waals surface area (Å²) in [7, 11) is 0. The van der Waals surface area contributed by atoms with Crippen LogP contribution in [0.15, 0.2) is 48.5 Å². The van der Waals surface area contributed by atoms with Gasteiger partial charge in [0, 0.05) is 31.2 Å². The van der Waals surface area contributed by atoms with Gasteiger partial charge in [0.15, 0.2) is 0 Å². The van der Waals surface area contributed by atoms with Crippen molar-refractivity contribution in [2.45, 2.75) is 39.0 Å². The zero-order valence-corrected chi connectivity index (χ0v) is 16.4. The Kier molecular flexibility index (Phi) is 6.87. The van der Waals surface area contributed by atoms with Gasteiger partial charge in [-0.25, -0.2) is 9.18 Å². The van der Waals surface area contributed by atoms with Crippen LogP contribution in [0, 0.1) is 5.82 Å². The molecule has 1 N–H and O–H groups in total. The second-order valence-electron chi connectivity index (χ2n) is 6.98. The number of ether oxygens (including phenoxy) is 2. The minimum absolute atomic E-state index is 0.0527. The number of benzene rings is 2. The van der Waals surface area contributed by atoms with E-state index in [0.29, 0.717) is 17.9 Å². The average molecular weight is 386 g/mol. The van der Waals surface area contributed by atoms with E-state index < -0.39 is 11.9 Å². The van der Waals surface area contributed by atoms with E-state index in [9.17, 15) is 9.18 Å². The van der Waals surface area contributed by atoms with Crippen molar-refractivity contribution in [2.75, 3.05) is 19.6 Å². The van der Waals surface area contributed by atoms with E-state index >= 15 is 0 Å². The Balaban J connectivity index is 1.65. The highest BCUT2D eigenvalue weighted by Gasteiger charge is 2.24. The second kappa shape index (κ2) is 9.55. The van der Waals surface area contributed by atoms with Gasteiger partial charge in [-0.05, 0) is 37.1 Å². The normalized spacial score (nSPS) is 17.8. The maximum absolute atomic E-state index is 14.2. The van der Waals surface area contributed by atoms with Crippen molar-refractivity contribution in [1.29, 1.82) is 0 Å². The number of carbonyl (C=O) groups is 1. The minimum atomic E-state index is -0.421. The highest BCUT2D eigenvalue weighted by molar-refractivity contribution is 5.68. The molecule has 0 bridgehead atoms. The van der Waals surface area contributed by atoms with Crippen LogP contribution >= 0.6 is 0 Å². The first-order valence-electron chi connectivity index (χ1n) is 9.72. The molecule has 5 nitrogen and oxygen atoms in total. The van der Waals surface area contributed by atoms with Crippen LogP contribution in [-0.2, 0) is 11.3 Å². The van der Waals surface area contributed by atoms with Gasteiger partial charge in [-0.1, -0.05) is 37.3 Å². The molecule has 28 heavy (non-hydrogen) atoms. The molecule has 1 heterocycles. The largest absolute Gasteiger partial charge is 0.486 e. The number of hydrogen-bond acceptors (Lipinski definition) is 4. The Labute approximate surface area is 165 Å². The summed E-state index contributed by atoms with van der Waals surface area (Å²) in [5, 5.41) is 3.22. The molecule has 3 rings (SSSR count). The molecule has 1 fully saturated rings. The Bertz CT molecular complexity index is 785. The molecule has 2 aromatic rings. The number of carbonyl (C=O) groups excluding carboxylic acids is 1. The van der Waals surface area contributed by atoms with Gasteiger partial charge in [-0.15, -0.1) is 0 Å². The van der Waals surface area contributed by atoms with Crippen LogP contribution in [0.5, 0.6) is 5.75 Å². The molecule has 1 aliphatic heterocycles. The zero-order chi connectivity index (χ0) is 19.9. The van der Waals surface area contributed by atoms with E-state index in [1.54, 1.807) is 17.0 Å². The predicted molar refractivity (Wildman–Crippen MR) is 106 cm³/mol. The van der Waals surface area contributed by atoms with Crippen molar-refractivity contribution in [3.63, 3.8) is 0 Å².